The van der Waals surface area contributed by atoms with Crippen LogP contribution < -0.4 is 0 Å². The van der Waals surface area contributed by atoms with Crippen molar-refractivity contribution in [1.29, 1.82) is 0 Å². The number of carboxylic acid groups (broad SMARTS) is 2. The highest BCUT2D eigenvalue weighted by atomic mass is 31.2. The van der Waals surface area contributed by atoms with E-state index in [4.69, 9.17) is 20.0 Å². The molecule has 0 amide bonds. The molecule has 0 atom stereocenters. The average molecular weight is 380 g/mol. The molecule has 0 fully saturated rings. The SMILES string of the molecule is COP(=O)(O)O.O=C(O)c1cccc(C=Cc2cccc(C(=O)O)c2)c1. The highest BCUT2D eigenvalue weighted by Gasteiger charge is 2.07. The Kier molecular flexibility index (Phi) is 7.89. The van der Waals surface area contributed by atoms with Crippen LogP contribution in [0.15, 0.2) is 48.5 Å². The zero-order valence-corrected chi connectivity index (χ0v) is 14.5. The minimum Gasteiger partial charge on any atom is -0.478 e. The molecule has 138 valence electrons. The minimum atomic E-state index is -4.15. The van der Waals surface area contributed by atoms with E-state index in [9.17, 15) is 14.2 Å². The van der Waals surface area contributed by atoms with Gasteiger partial charge in [0.05, 0.1) is 11.1 Å². The number of rotatable bonds is 5. The second kappa shape index (κ2) is 9.65. The highest BCUT2D eigenvalue weighted by molar-refractivity contribution is 7.46. The number of hydrogen-bond acceptors (Lipinski definition) is 4. The molecule has 2 rings (SSSR count). The first-order valence-corrected chi connectivity index (χ1v) is 8.61. The fraction of sp³-hybridized carbons (Fsp3) is 0.0588. The summed E-state index contributed by atoms with van der Waals surface area (Å²) in [5.74, 6) is -1.96. The van der Waals surface area contributed by atoms with E-state index in [2.05, 4.69) is 4.52 Å². The number of hydrogen-bond donors (Lipinski definition) is 4. The summed E-state index contributed by atoms with van der Waals surface area (Å²) in [5.41, 5.74) is 1.91. The van der Waals surface area contributed by atoms with Crippen molar-refractivity contribution in [2.24, 2.45) is 0 Å². The first-order valence-electron chi connectivity index (χ1n) is 7.08. The first kappa shape index (κ1) is 21.3. The van der Waals surface area contributed by atoms with Gasteiger partial charge in [-0.2, -0.15) is 0 Å². The average Bonchev–Trinajstić information content (AvgIpc) is 2.60. The van der Waals surface area contributed by atoms with E-state index in [0.29, 0.717) is 0 Å². The maximum absolute atomic E-state index is 10.9. The Hall–Kier alpha value is -2.77. The lowest BCUT2D eigenvalue weighted by atomic mass is 10.1. The number of phosphoric acid groups is 1. The van der Waals surface area contributed by atoms with E-state index in [-0.39, 0.29) is 11.1 Å². The molecular weight excluding hydrogens is 363 g/mol. The number of carboxylic acids is 2. The van der Waals surface area contributed by atoms with Gasteiger partial charge in [-0.05, 0) is 35.4 Å². The number of aromatic carboxylic acids is 2. The fourth-order valence-corrected chi connectivity index (χ4v) is 1.74. The van der Waals surface area contributed by atoms with Gasteiger partial charge in [0.15, 0.2) is 0 Å². The molecule has 0 radical (unpaired) electrons. The topological polar surface area (TPSA) is 141 Å². The van der Waals surface area contributed by atoms with E-state index in [1.165, 1.54) is 12.1 Å². The maximum Gasteiger partial charge on any atom is 0.469 e. The summed E-state index contributed by atoms with van der Waals surface area (Å²) in [4.78, 5) is 37.1. The largest absolute Gasteiger partial charge is 0.478 e. The quantitative estimate of drug-likeness (QED) is 0.458. The van der Waals surface area contributed by atoms with Gasteiger partial charge in [0.2, 0.25) is 0 Å². The van der Waals surface area contributed by atoms with Crippen LogP contribution in [-0.4, -0.2) is 39.0 Å². The molecule has 9 heteroatoms. The van der Waals surface area contributed by atoms with Crippen LogP contribution in [0.2, 0.25) is 0 Å². The first-order chi connectivity index (χ1) is 12.1. The second-order valence-corrected chi connectivity index (χ2v) is 6.21. The van der Waals surface area contributed by atoms with Crippen LogP contribution in [0.3, 0.4) is 0 Å². The van der Waals surface area contributed by atoms with Gasteiger partial charge in [-0.15, -0.1) is 0 Å². The van der Waals surface area contributed by atoms with Crippen LogP contribution in [-0.2, 0) is 9.09 Å². The third-order valence-corrected chi connectivity index (χ3v) is 3.45. The molecule has 0 unspecified atom stereocenters. The number of carbonyl (C=O) groups is 2. The summed E-state index contributed by atoms with van der Waals surface area (Å²) in [6.07, 6.45) is 3.49. The van der Waals surface area contributed by atoms with E-state index >= 15 is 0 Å². The molecule has 0 aromatic heterocycles. The molecule has 0 saturated heterocycles. The molecule has 8 nitrogen and oxygen atoms in total. The standard InChI is InChI=1S/C16H12O4.CH5O4P/c17-15(18)13-5-1-3-11(9-13)7-8-12-4-2-6-14(10-12)16(19)20;1-5-6(2,3)4/h1-10H,(H,17,18)(H,19,20);1H3,(H2,2,3,4). The third-order valence-electron chi connectivity index (χ3n) is 2.97. The molecule has 0 heterocycles. The summed E-state index contributed by atoms with van der Waals surface area (Å²) in [7, 11) is -3.20. The van der Waals surface area contributed by atoms with Crippen molar-refractivity contribution in [1.82, 2.24) is 0 Å². The Morgan fingerprint density at radius 2 is 1.23 bits per heavy atom. The van der Waals surface area contributed by atoms with Gasteiger partial charge in [-0.1, -0.05) is 36.4 Å². The van der Waals surface area contributed by atoms with Crippen LogP contribution >= 0.6 is 7.82 Å². The van der Waals surface area contributed by atoms with E-state index < -0.39 is 19.8 Å². The third kappa shape index (κ3) is 7.87. The Morgan fingerprint density at radius 3 is 1.50 bits per heavy atom. The van der Waals surface area contributed by atoms with Crippen LogP contribution in [0.4, 0.5) is 0 Å². The summed E-state index contributed by atoms with van der Waals surface area (Å²) >= 11 is 0. The smallest absolute Gasteiger partial charge is 0.469 e. The lowest BCUT2D eigenvalue weighted by Gasteiger charge is -1.98. The second-order valence-electron chi connectivity index (χ2n) is 4.87. The molecule has 0 aliphatic rings. The van der Waals surface area contributed by atoms with Crippen LogP contribution in [0.5, 0.6) is 0 Å². The number of phosphoric ester groups is 1. The van der Waals surface area contributed by atoms with Crippen molar-refractivity contribution in [3.63, 3.8) is 0 Å². The van der Waals surface area contributed by atoms with Gasteiger partial charge < -0.3 is 20.0 Å². The molecule has 4 N–H and O–H groups in total. The van der Waals surface area contributed by atoms with E-state index in [0.717, 1.165) is 18.2 Å². The maximum atomic E-state index is 10.9. The van der Waals surface area contributed by atoms with Crippen molar-refractivity contribution in [3.8, 4) is 0 Å². The molecule has 2 aromatic carbocycles. The van der Waals surface area contributed by atoms with Gasteiger partial charge in [0, 0.05) is 7.11 Å². The van der Waals surface area contributed by atoms with Gasteiger partial charge in [-0.3, -0.25) is 4.52 Å². The van der Waals surface area contributed by atoms with E-state index in [1.807, 2.05) is 0 Å². The Bertz CT molecular complexity index is 794. The molecule has 0 saturated carbocycles. The lowest BCUT2D eigenvalue weighted by molar-refractivity contribution is 0.0686. The molecule has 26 heavy (non-hydrogen) atoms. The summed E-state index contributed by atoms with van der Waals surface area (Å²) < 4.78 is 13.1. The molecule has 0 aliphatic heterocycles. The van der Waals surface area contributed by atoms with Crippen molar-refractivity contribution in [2.75, 3.05) is 7.11 Å². The van der Waals surface area contributed by atoms with E-state index in [1.54, 1.807) is 48.6 Å². The predicted octanol–water partition coefficient (Wildman–Crippen LogP) is 2.98. The monoisotopic (exact) mass is 380 g/mol. The normalized spacial score (nSPS) is 10.9. The predicted molar refractivity (Wildman–Crippen MR) is 94.8 cm³/mol. The van der Waals surface area contributed by atoms with Gasteiger partial charge in [0.1, 0.15) is 0 Å². The molecule has 0 bridgehead atoms. The van der Waals surface area contributed by atoms with Gasteiger partial charge in [-0.25, -0.2) is 14.2 Å². The van der Waals surface area contributed by atoms with Crippen LogP contribution in [0.1, 0.15) is 31.8 Å². The van der Waals surface area contributed by atoms with Gasteiger partial charge >= 0.3 is 19.8 Å². The summed E-state index contributed by atoms with van der Waals surface area (Å²) in [6, 6.07) is 13.0. The zero-order valence-electron chi connectivity index (χ0n) is 13.6. The summed E-state index contributed by atoms with van der Waals surface area (Å²) in [6.45, 7) is 0. The Labute approximate surface area is 149 Å². The zero-order chi connectivity index (χ0) is 19.7. The lowest BCUT2D eigenvalue weighted by Crippen LogP contribution is -1.96. The summed E-state index contributed by atoms with van der Waals surface area (Å²) in [5, 5.41) is 17.8. The molecule has 0 spiro atoms. The Morgan fingerprint density at radius 1 is 0.885 bits per heavy atom. The van der Waals surface area contributed by atoms with Crippen molar-refractivity contribution >= 4 is 31.9 Å². The van der Waals surface area contributed by atoms with Gasteiger partial charge in [0.25, 0.3) is 0 Å². The minimum absolute atomic E-state index is 0.214. The number of benzene rings is 2. The molecular formula is C17H17O8P. The molecule has 2 aromatic rings. The van der Waals surface area contributed by atoms with Crippen LogP contribution in [0, 0.1) is 0 Å². The highest BCUT2D eigenvalue weighted by Crippen LogP contribution is 2.33. The molecule has 0 aliphatic carbocycles. The Balaban J connectivity index is 0.000000487. The fourth-order valence-electron chi connectivity index (χ4n) is 1.74. The van der Waals surface area contributed by atoms with Crippen LogP contribution in [0.25, 0.3) is 12.2 Å². The van der Waals surface area contributed by atoms with Crippen molar-refractivity contribution in [2.45, 2.75) is 0 Å². The van der Waals surface area contributed by atoms with Crippen molar-refractivity contribution < 1.29 is 38.7 Å². The van der Waals surface area contributed by atoms with Crippen molar-refractivity contribution in [3.05, 3.63) is 70.8 Å².